The summed E-state index contributed by atoms with van der Waals surface area (Å²) >= 11 is 0. The second-order valence-corrected chi connectivity index (χ2v) is 13.8. The van der Waals surface area contributed by atoms with Gasteiger partial charge < -0.3 is 19.2 Å². The molecule has 2 aromatic carbocycles. The molecule has 1 saturated carbocycles. The molecule has 0 spiro atoms. The Bertz CT molecular complexity index is 1650. The zero-order valence-corrected chi connectivity index (χ0v) is 23.4. The van der Waals surface area contributed by atoms with Gasteiger partial charge in [-0.1, -0.05) is 36.4 Å². The molecular formula is C30H32N6O2S. The lowest BCUT2D eigenvalue weighted by Crippen LogP contribution is -2.15. The van der Waals surface area contributed by atoms with Crippen LogP contribution in [-0.2, 0) is 13.6 Å². The third-order valence-corrected chi connectivity index (χ3v) is 8.33. The standard InChI is InChI=1S/C30H32N6O2S/c1-30(14-15-30)38-28-27-25(13-12-24(33-27)22-6-5-7-23(16-22)39(3,4)37)34-29(35-28)31-17-20-8-10-21(11-9-20)26-18-36(2)19-32-26/h5-13,16,18-19,37H,14-15,17H2,1-4H3,(H,31,34,35). The third kappa shape index (κ3) is 5.60. The SMILES string of the molecule is Cn1cnc(-c2ccc(CNc3nc(OC4(C)CC4)c4nc(-c5cccc(S(C)(C)O)c5)ccc4n3)cc2)c1. The number of nitrogens with one attached hydrogen (secondary N) is 1. The van der Waals surface area contributed by atoms with E-state index in [0.717, 1.165) is 45.8 Å². The van der Waals surface area contributed by atoms with E-state index in [1.165, 1.54) is 0 Å². The molecule has 6 rings (SSSR count). The topological polar surface area (TPSA) is 98.0 Å². The van der Waals surface area contributed by atoms with E-state index in [2.05, 4.69) is 41.5 Å². The largest absolute Gasteiger partial charge is 0.470 e. The quantitative estimate of drug-likeness (QED) is 0.231. The number of rotatable bonds is 8. The van der Waals surface area contributed by atoms with E-state index in [1.54, 1.807) is 6.33 Å². The molecule has 3 aromatic heterocycles. The number of aryl methyl sites for hydroxylation is 1. The maximum Gasteiger partial charge on any atom is 0.246 e. The first-order chi connectivity index (χ1) is 18.6. The van der Waals surface area contributed by atoms with Crippen LogP contribution in [-0.4, -0.2) is 47.2 Å². The van der Waals surface area contributed by atoms with Crippen LogP contribution in [0.3, 0.4) is 0 Å². The maximum atomic E-state index is 10.6. The smallest absolute Gasteiger partial charge is 0.246 e. The maximum absolute atomic E-state index is 10.6. The lowest BCUT2D eigenvalue weighted by atomic mass is 10.1. The summed E-state index contributed by atoms with van der Waals surface area (Å²) in [6.45, 7) is 2.67. The van der Waals surface area contributed by atoms with Gasteiger partial charge in [-0.15, -0.1) is 10.3 Å². The fourth-order valence-electron chi connectivity index (χ4n) is 4.31. The van der Waals surface area contributed by atoms with E-state index < -0.39 is 10.3 Å². The summed E-state index contributed by atoms with van der Waals surface area (Å²) in [6.07, 6.45) is 9.50. The predicted octanol–water partition coefficient (Wildman–Crippen LogP) is 6.53. The van der Waals surface area contributed by atoms with Crippen molar-refractivity contribution in [1.82, 2.24) is 24.5 Å². The summed E-state index contributed by atoms with van der Waals surface area (Å²) in [7, 11) is 0.125. The van der Waals surface area contributed by atoms with E-state index in [4.69, 9.17) is 19.7 Å². The Kier molecular flexibility index (Phi) is 6.28. The zero-order chi connectivity index (χ0) is 27.2. The Morgan fingerprint density at radius 2 is 1.77 bits per heavy atom. The van der Waals surface area contributed by atoms with Gasteiger partial charge in [-0.3, -0.25) is 0 Å². The minimum absolute atomic E-state index is 0.221. The van der Waals surface area contributed by atoms with E-state index in [9.17, 15) is 4.55 Å². The number of fused-ring (bicyclic) bond motifs is 1. The Morgan fingerprint density at radius 1 is 0.974 bits per heavy atom. The van der Waals surface area contributed by atoms with Crippen molar-refractivity contribution in [3.63, 3.8) is 0 Å². The number of hydrogen-bond acceptors (Lipinski definition) is 7. The molecule has 0 unspecified atom stereocenters. The average molecular weight is 541 g/mol. The van der Waals surface area contributed by atoms with Crippen LogP contribution in [0.1, 0.15) is 25.3 Å². The normalized spacial score (nSPS) is 14.8. The second kappa shape index (κ2) is 9.66. The summed E-state index contributed by atoms with van der Waals surface area (Å²) in [4.78, 5) is 19.7. The molecule has 3 heterocycles. The molecule has 8 nitrogen and oxygen atoms in total. The summed E-state index contributed by atoms with van der Waals surface area (Å²) in [6, 6.07) is 20.1. The molecule has 0 bridgehead atoms. The highest BCUT2D eigenvalue weighted by molar-refractivity contribution is 8.28. The van der Waals surface area contributed by atoms with Crippen LogP contribution in [0.4, 0.5) is 5.95 Å². The zero-order valence-electron chi connectivity index (χ0n) is 22.5. The third-order valence-electron chi connectivity index (χ3n) is 6.92. The van der Waals surface area contributed by atoms with Crippen molar-refractivity contribution in [3.8, 4) is 28.4 Å². The van der Waals surface area contributed by atoms with Crippen LogP contribution in [0.2, 0.25) is 0 Å². The molecule has 1 aliphatic rings. The molecule has 0 atom stereocenters. The van der Waals surface area contributed by atoms with Gasteiger partial charge in [0.05, 0.1) is 23.2 Å². The predicted molar refractivity (Wildman–Crippen MR) is 157 cm³/mol. The minimum atomic E-state index is -1.84. The van der Waals surface area contributed by atoms with Gasteiger partial charge in [0.1, 0.15) is 5.60 Å². The number of pyridine rings is 1. The van der Waals surface area contributed by atoms with Gasteiger partial charge in [-0.05, 0) is 62.1 Å². The van der Waals surface area contributed by atoms with Crippen molar-refractivity contribution in [1.29, 1.82) is 0 Å². The highest BCUT2D eigenvalue weighted by atomic mass is 32.3. The number of benzene rings is 2. The van der Waals surface area contributed by atoms with Gasteiger partial charge in [0.15, 0.2) is 5.52 Å². The van der Waals surface area contributed by atoms with E-state index >= 15 is 0 Å². The molecule has 200 valence electrons. The summed E-state index contributed by atoms with van der Waals surface area (Å²) in [5, 5.41) is 3.36. The Hall–Kier alpha value is -3.95. The Balaban J connectivity index is 1.28. The molecule has 2 N–H and O–H groups in total. The molecule has 1 aliphatic carbocycles. The van der Waals surface area contributed by atoms with Gasteiger partial charge in [-0.2, -0.15) is 4.98 Å². The van der Waals surface area contributed by atoms with Crippen LogP contribution in [0.25, 0.3) is 33.5 Å². The van der Waals surface area contributed by atoms with E-state index in [-0.39, 0.29) is 5.60 Å². The van der Waals surface area contributed by atoms with Gasteiger partial charge in [0, 0.05) is 35.8 Å². The molecule has 5 aromatic rings. The number of ether oxygens (including phenoxy) is 1. The van der Waals surface area contributed by atoms with Crippen LogP contribution in [0.5, 0.6) is 5.88 Å². The fraction of sp³-hybridized carbons (Fsp3) is 0.267. The Labute approximate surface area is 229 Å². The van der Waals surface area contributed by atoms with E-state index in [1.807, 2.05) is 66.7 Å². The van der Waals surface area contributed by atoms with Gasteiger partial charge in [0.2, 0.25) is 11.8 Å². The number of aromatic nitrogens is 5. The molecule has 1 fully saturated rings. The van der Waals surface area contributed by atoms with Crippen LogP contribution < -0.4 is 10.1 Å². The number of anilines is 1. The van der Waals surface area contributed by atoms with E-state index in [0.29, 0.717) is 29.4 Å². The second-order valence-electron chi connectivity index (χ2n) is 10.7. The van der Waals surface area contributed by atoms with Crippen molar-refractivity contribution < 1.29 is 9.29 Å². The first kappa shape index (κ1) is 25.3. The highest BCUT2D eigenvalue weighted by Gasteiger charge is 2.41. The first-order valence-electron chi connectivity index (χ1n) is 12.9. The molecule has 0 radical (unpaired) electrons. The molecule has 39 heavy (non-hydrogen) atoms. The van der Waals surface area contributed by atoms with Crippen LogP contribution in [0, 0.1) is 0 Å². The Morgan fingerprint density at radius 3 is 2.46 bits per heavy atom. The monoisotopic (exact) mass is 540 g/mol. The van der Waals surface area contributed by atoms with Gasteiger partial charge in [-0.25, -0.2) is 15.0 Å². The van der Waals surface area contributed by atoms with Gasteiger partial charge in [0.25, 0.3) is 0 Å². The lowest BCUT2D eigenvalue weighted by molar-refractivity contribution is 0.194. The average Bonchev–Trinajstić information content (AvgIpc) is 3.49. The van der Waals surface area contributed by atoms with Crippen LogP contribution in [0.15, 0.2) is 78.1 Å². The minimum Gasteiger partial charge on any atom is -0.470 e. The van der Waals surface area contributed by atoms with Gasteiger partial charge >= 0.3 is 0 Å². The number of hydrogen-bond donors (Lipinski definition) is 2. The van der Waals surface area contributed by atoms with Crippen molar-refractivity contribution in [2.45, 2.75) is 36.8 Å². The molecule has 0 amide bonds. The summed E-state index contributed by atoms with van der Waals surface area (Å²) in [5.74, 6) is 0.983. The lowest BCUT2D eigenvalue weighted by Gasteiger charge is -2.24. The molecule has 0 aliphatic heterocycles. The summed E-state index contributed by atoms with van der Waals surface area (Å²) in [5.41, 5.74) is 5.98. The number of imidazole rings is 1. The fourth-order valence-corrected chi connectivity index (χ4v) is 5.14. The molecule has 9 heteroatoms. The van der Waals surface area contributed by atoms with Crippen molar-refractivity contribution >= 4 is 27.3 Å². The molecule has 0 saturated heterocycles. The van der Waals surface area contributed by atoms with Crippen molar-refractivity contribution in [3.05, 3.63) is 78.8 Å². The van der Waals surface area contributed by atoms with Crippen molar-refractivity contribution in [2.75, 3.05) is 17.8 Å². The first-order valence-corrected chi connectivity index (χ1v) is 15.3. The number of nitrogens with zero attached hydrogens (tertiary/aromatic N) is 5. The molecular weight excluding hydrogens is 508 g/mol. The van der Waals surface area contributed by atoms with Crippen LogP contribution >= 0.6 is 10.3 Å². The highest BCUT2D eigenvalue weighted by Crippen LogP contribution is 2.45. The van der Waals surface area contributed by atoms with Crippen molar-refractivity contribution in [2.24, 2.45) is 7.05 Å². The summed E-state index contributed by atoms with van der Waals surface area (Å²) < 4.78 is 18.8.